The third kappa shape index (κ3) is 2.42. The van der Waals surface area contributed by atoms with Crippen molar-refractivity contribution in [1.29, 1.82) is 0 Å². The summed E-state index contributed by atoms with van der Waals surface area (Å²) in [7, 11) is 0. The highest BCUT2D eigenvalue weighted by Gasteiger charge is 2.21. The van der Waals surface area contributed by atoms with Gasteiger partial charge in [0.2, 0.25) is 0 Å². The van der Waals surface area contributed by atoms with Crippen molar-refractivity contribution in [2.75, 3.05) is 0 Å². The summed E-state index contributed by atoms with van der Waals surface area (Å²) in [5.74, 6) is 1.57. The Morgan fingerprint density at radius 2 is 2.25 bits per heavy atom. The molecule has 0 saturated heterocycles. The molecule has 0 unspecified atom stereocenters. The fourth-order valence-electron chi connectivity index (χ4n) is 1.57. The summed E-state index contributed by atoms with van der Waals surface area (Å²) in [5, 5.41) is 0. The van der Waals surface area contributed by atoms with Crippen molar-refractivity contribution < 1.29 is 13.9 Å². The predicted octanol–water partition coefficient (Wildman–Crippen LogP) is 3.15. The van der Waals surface area contributed by atoms with Crippen molar-refractivity contribution in [1.82, 2.24) is 0 Å². The number of rotatable bonds is 3. The molecule has 3 heteroatoms. The monoisotopic (exact) mass is 218 g/mol. The molecule has 0 atom stereocenters. The Morgan fingerprint density at radius 3 is 2.88 bits per heavy atom. The van der Waals surface area contributed by atoms with Crippen molar-refractivity contribution in [2.24, 2.45) is 5.92 Å². The molecule has 0 spiro atoms. The van der Waals surface area contributed by atoms with Gasteiger partial charge in [-0.2, -0.15) is 0 Å². The smallest absolute Gasteiger partial charge is 0.343 e. The number of furan rings is 1. The molecule has 1 aromatic heterocycles. The largest absolute Gasteiger partial charge is 0.465 e. The summed E-state index contributed by atoms with van der Waals surface area (Å²) >= 11 is 0. The Bertz CT molecular complexity index is 436. The summed E-state index contributed by atoms with van der Waals surface area (Å²) in [5.41, 5.74) is 0.547. The lowest BCUT2D eigenvalue weighted by atomic mass is 10.1. The quantitative estimate of drug-likeness (QED) is 0.578. The van der Waals surface area contributed by atoms with Crippen LogP contribution in [0.2, 0.25) is 0 Å². The van der Waals surface area contributed by atoms with Crippen LogP contribution in [0.1, 0.15) is 26.0 Å². The van der Waals surface area contributed by atoms with E-state index in [2.05, 4.69) is 13.8 Å². The standard InChI is InChI=1S/C13H14O3/c1-9(2)6-12-8-10(13(14)16-12)7-11-4-3-5-15-11/h3-5,7-9H,6H2,1-2H3. The minimum atomic E-state index is -0.299. The average Bonchev–Trinajstić information content (AvgIpc) is 2.77. The first-order valence-corrected chi connectivity index (χ1v) is 5.33. The van der Waals surface area contributed by atoms with Crippen molar-refractivity contribution >= 4 is 12.0 Å². The highest BCUT2D eigenvalue weighted by molar-refractivity contribution is 5.99. The van der Waals surface area contributed by atoms with Gasteiger partial charge in [-0.25, -0.2) is 4.79 Å². The van der Waals surface area contributed by atoms with Gasteiger partial charge in [-0.1, -0.05) is 13.8 Å². The second-order valence-electron chi connectivity index (χ2n) is 4.21. The van der Waals surface area contributed by atoms with Gasteiger partial charge in [0.15, 0.2) is 0 Å². The van der Waals surface area contributed by atoms with Gasteiger partial charge >= 0.3 is 5.97 Å². The fourth-order valence-corrected chi connectivity index (χ4v) is 1.57. The molecule has 1 aliphatic heterocycles. The lowest BCUT2D eigenvalue weighted by molar-refractivity contribution is -0.133. The normalized spacial score (nSPS) is 18.1. The Balaban J connectivity index is 2.17. The number of esters is 1. The van der Waals surface area contributed by atoms with E-state index in [1.807, 2.05) is 0 Å². The van der Waals surface area contributed by atoms with E-state index in [9.17, 15) is 4.79 Å². The van der Waals surface area contributed by atoms with Crippen LogP contribution in [0.4, 0.5) is 0 Å². The van der Waals surface area contributed by atoms with Crippen molar-refractivity contribution in [3.8, 4) is 0 Å². The summed E-state index contributed by atoms with van der Waals surface area (Å²) in [6.45, 7) is 4.17. The van der Waals surface area contributed by atoms with Crippen molar-refractivity contribution in [3.63, 3.8) is 0 Å². The maximum Gasteiger partial charge on any atom is 0.343 e. The van der Waals surface area contributed by atoms with E-state index >= 15 is 0 Å². The van der Waals surface area contributed by atoms with Crippen LogP contribution in [0.5, 0.6) is 0 Å². The minimum absolute atomic E-state index is 0.299. The van der Waals surface area contributed by atoms with E-state index in [-0.39, 0.29) is 5.97 Å². The van der Waals surface area contributed by atoms with Gasteiger partial charge in [-0.3, -0.25) is 0 Å². The molecule has 2 heterocycles. The molecule has 84 valence electrons. The van der Waals surface area contributed by atoms with E-state index in [0.29, 0.717) is 17.3 Å². The third-order valence-corrected chi connectivity index (χ3v) is 2.23. The molecule has 0 aliphatic carbocycles. The first kappa shape index (κ1) is 10.7. The van der Waals surface area contributed by atoms with Crippen LogP contribution in [0, 0.1) is 5.92 Å². The first-order valence-electron chi connectivity index (χ1n) is 5.33. The zero-order valence-electron chi connectivity index (χ0n) is 9.40. The SMILES string of the molecule is CC(C)CC1=CC(=Cc2ccco2)C(=O)O1. The van der Waals surface area contributed by atoms with Gasteiger partial charge in [0.25, 0.3) is 0 Å². The molecule has 1 aliphatic rings. The van der Waals surface area contributed by atoms with Gasteiger partial charge in [0, 0.05) is 6.42 Å². The fraction of sp³-hybridized carbons (Fsp3) is 0.308. The number of hydrogen-bond donors (Lipinski definition) is 0. The van der Waals surface area contributed by atoms with E-state index in [4.69, 9.17) is 9.15 Å². The predicted molar refractivity (Wildman–Crippen MR) is 60.3 cm³/mol. The van der Waals surface area contributed by atoms with Crippen LogP contribution in [-0.2, 0) is 9.53 Å². The molecule has 0 fully saturated rings. The zero-order valence-corrected chi connectivity index (χ0v) is 9.40. The lowest BCUT2D eigenvalue weighted by Gasteiger charge is -2.03. The minimum Gasteiger partial charge on any atom is -0.465 e. The van der Waals surface area contributed by atoms with Crippen LogP contribution >= 0.6 is 0 Å². The molecule has 2 rings (SSSR count). The number of hydrogen-bond acceptors (Lipinski definition) is 3. The zero-order chi connectivity index (χ0) is 11.5. The molecule has 16 heavy (non-hydrogen) atoms. The first-order chi connectivity index (χ1) is 7.65. The average molecular weight is 218 g/mol. The Hall–Kier alpha value is -1.77. The van der Waals surface area contributed by atoms with E-state index < -0.39 is 0 Å². The highest BCUT2D eigenvalue weighted by atomic mass is 16.5. The van der Waals surface area contributed by atoms with Gasteiger partial charge < -0.3 is 9.15 Å². The van der Waals surface area contributed by atoms with Crippen LogP contribution in [0.25, 0.3) is 6.08 Å². The van der Waals surface area contributed by atoms with Crippen LogP contribution in [0.3, 0.4) is 0 Å². The van der Waals surface area contributed by atoms with Gasteiger partial charge in [-0.05, 0) is 30.2 Å². The van der Waals surface area contributed by atoms with E-state index in [1.165, 1.54) is 0 Å². The molecule has 0 bridgehead atoms. The molecule has 1 aromatic rings. The number of ether oxygens (including phenoxy) is 1. The van der Waals surface area contributed by atoms with Crippen LogP contribution < -0.4 is 0 Å². The van der Waals surface area contributed by atoms with E-state index in [1.54, 1.807) is 30.5 Å². The summed E-state index contributed by atoms with van der Waals surface area (Å²) in [6.07, 6.45) is 5.83. The Labute approximate surface area is 94.4 Å². The number of cyclic esters (lactones) is 1. The maximum absolute atomic E-state index is 11.5. The molecule has 0 aromatic carbocycles. The van der Waals surface area contributed by atoms with Gasteiger partial charge in [0.05, 0.1) is 11.8 Å². The molecule has 3 nitrogen and oxygen atoms in total. The van der Waals surface area contributed by atoms with Gasteiger partial charge in [-0.15, -0.1) is 0 Å². The highest BCUT2D eigenvalue weighted by Crippen LogP contribution is 2.24. The summed E-state index contributed by atoms with van der Waals surface area (Å²) in [4.78, 5) is 11.5. The lowest BCUT2D eigenvalue weighted by Crippen LogP contribution is -1.98. The van der Waals surface area contributed by atoms with Crippen molar-refractivity contribution in [2.45, 2.75) is 20.3 Å². The summed E-state index contributed by atoms with van der Waals surface area (Å²) < 4.78 is 10.3. The molecule has 0 radical (unpaired) electrons. The molecule has 0 amide bonds. The topological polar surface area (TPSA) is 39.4 Å². The number of carbonyl (C=O) groups excluding carboxylic acids is 1. The molecule has 0 saturated carbocycles. The Morgan fingerprint density at radius 1 is 1.44 bits per heavy atom. The van der Waals surface area contributed by atoms with Gasteiger partial charge in [0.1, 0.15) is 11.5 Å². The van der Waals surface area contributed by atoms with Crippen molar-refractivity contribution in [3.05, 3.63) is 41.6 Å². The third-order valence-electron chi connectivity index (χ3n) is 2.23. The second-order valence-corrected chi connectivity index (χ2v) is 4.21. The molecular weight excluding hydrogens is 204 g/mol. The second kappa shape index (κ2) is 4.39. The summed E-state index contributed by atoms with van der Waals surface area (Å²) in [6, 6.07) is 3.58. The molecule has 0 N–H and O–H groups in total. The number of allylic oxidation sites excluding steroid dienone is 1. The molecular formula is C13H14O3. The van der Waals surface area contributed by atoms with Crippen LogP contribution in [0.15, 0.2) is 40.2 Å². The Kier molecular flexibility index (Phi) is 2.95. The van der Waals surface area contributed by atoms with E-state index in [0.717, 1.165) is 12.2 Å². The van der Waals surface area contributed by atoms with Crippen LogP contribution in [-0.4, -0.2) is 5.97 Å². The number of carbonyl (C=O) groups is 1. The maximum atomic E-state index is 11.5.